The highest BCUT2D eigenvalue weighted by Crippen LogP contribution is 2.28. The molecule has 1 rings (SSSR count). The highest BCUT2D eigenvalue weighted by Gasteiger charge is 2.28. The van der Waals surface area contributed by atoms with Crippen molar-refractivity contribution in [3.63, 3.8) is 0 Å². The van der Waals surface area contributed by atoms with E-state index in [0.29, 0.717) is 0 Å². The first-order valence-electron chi connectivity index (χ1n) is 7.57. The summed E-state index contributed by atoms with van der Waals surface area (Å²) in [5, 5.41) is 9.90. The zero-order valence-electron chi connectivity index (χ0n) is 11.7. The maximum atomic E-state index is 9.90. The van der Waals surface area contributed by atoms with E-state index < -0.39 is 0 Å². The molecule has 1 fully saturated rings. The standard InChI is InChI=1S/C15H30O2/c1-3-5-6-7-8-11-17-15-12-13(4-2)9-10-14(15)16/h13-16H,3-12H2,1-2H3. The fourth-order valence-corrected chi connectivity index (χ4v) is 2.69. The van der Waals surface area contributed by atoms with Crippen molar-refractivity contribution in [1.29, 1.82) is 0 Å². The molecule has 3 unspecified atom stereocenters. The molecule has 0 heterocycles. The summed E-state index contributed by atoms with van der Waals surface area (Å²) in [6.07, 6.45) is 10.7. The summed E-state index contributed by atoms with van der Waals surface area (Å²) >= 11 is 0. The Morgan fingerprint density at radius 1 is 1.06 bits per heavy atom. The topological polar surface area (TPSA) is 29.5 Å². The second-order valence-electron chi connectivity index (χ2n) is 5.48. The van der Waals surface area contributed by atoms with Crippen LogP contribution >= 0.6 is 0 Å². The van der Waals surface area contributed by atoms with Crippen LogP contribution in [-0.2, 0) is 4.74 Å². The van der Waals surface area contributed by atoms with Gasteiger partial charge in [0.2, 0.25) is 0 Å². The normalized spacial score (nSPS) is 29.5. The Morgan fingerprint density at radius 3 is 2.53 bits per heavy atom. The molecule has 17 heavy (non-hydrogen) atoms. The highest BCUT2D eigenvalue weighted by atomic mass is 16.5. The first-order chi connectivity index (χ1) is 8.27. The van der Waals surface area contributed by atoms with E-state index in [0.717, 1.165) is 31.8 Å². The minimum atomic E-state index is -0.214. The molecule has 1 N–H and O–H groups in total. The Kier molecular flexibility index (Phi) is 7.87. The molecule has 0 aromatic carbocycles. The number of hydrogen-bond acceptors (Lipinski definition) is 2. The van der Waals surface area contributed by atoms with E-state index in [4.69, 9.17) is 4.74 Å². The highest BCUT2D eigenvalue weighted by molar-refractivity contribution is 4.79. The van der Waals surface area contributed by atoms with Crippen LogP contribution in [0.4, 0.5) is 0 Å². The number of unbranched alkanes of at least 4 members (excludes halogenated alkanes) is 4. The zero-order valence-corrected chi connectivity index (χ0v) is 11.7. The number of ether oxygens (including phenoxy) is 1. The van der Waals surface area contributed by atoms with Gasteiger partial charge in [0.15, 0.2) is 0 Å². The van der Waals surface area contributed by atoms with Crippen molar-refractivity contribution < 1.29 is 9.84 Å². The van der Waals surface area contributed by atoms with Gasteiger partial charge >= 0.3 is 0 Å². The van der Waals surface area contributed by atoms with Crippen molar-refractivity contribution in [3.05, 3.63) is 0 Å². The minimum Gasteiger partial charge on any atom is -0.390 e. The molecule has 0 radical (unpaired) electrons. The minimum absolute atomic E-state index is 0.111. The molecule has 2 nitrogen and oxygen atoms in total. The molecule has 1 aliphatic carbocycles. The summed E-state index contributed by atoms with van der Waals surface area (Å²) in [4.78, 5) is 0. The van der Waals surface area contributed by atoms with Crippen LogP contribution in [0, 0.1) is 5.92 Å². The Morgan fingerprint density at radius 2 is 1.82 bits per heavy atom. The van der Waals surface area contributed by atoms with Crippen LogP contribution in [0.2, 0.25) is 0 Å². The lowest BCUT2D eigenvalue weighted by atomic mass is 9.84. The van der Waals surface area contributed by atoms with Crippen LogP contribution in [0.15, 0.2) is 0 Å². The van der Waals surface area contributed by atoms with Crippen LogP contribution in [0.1, 0.15) is 71.6 Å². The molecule has 2 heteroatoms. The van der Waals surface area contributed by atoms with E-state index >= 15 is 0 Å². The molecule has 0 saturated heterocycles. The van der Waals surface area contributed by atoms with E-state index in [1.807, 2.05) is 0 Å². The average Bonchev–Trinajstić information content (AvgIpc) is 2.35. The van der Waals surface area contributed by atoms with E-state index in [1.54, 1.807) is 0 Å². The van der Waals surface area contributed by atoms with Crippen LogP contribution in [0.25, 0.3) is 0 Å². The Labute approximate surface area is 107 Å². The van der Waals surface area contributed by atoms with Crippen molar-refractivity contribution in [2.24, 2.45) is 5.92 Å². The predicted octanol–water partition coefficient (Wildman–Crippen LogP) is 3.91. The quantitative estimate of drug-likeness (QED) is 0.654. The summed E-state index contributed by atoms with van der Waals surface area (Å²) in [6.45, 7) is 5.31. The lowest BCUT2D eigenvalue weighted by molar-refractivity contribution is -0.0724. The van der Waals surface area contributed by atoms with Crippen LogP contribution in [0.3, 0.4) is 0 Å². The van der Waals surface area contributed by atoms with Gasteiger partial charge in [-0.05, 0) is 31.6 Å². The SMILES string of the molecule is CCCCCCCOC1CC(CC)CCC1O. The summed E-state index contributed by atoms with van der Waals surface area (Å²) in [7, 11) is 0. The molecule has 0 spiro atoms. The van der Waals surface area contributed by atoms with Crippen LogP contribution in [0.5, 0.6) is 0 Å². The fraction of sp³-hybridized carbons (Fsp3) is 1.00. The third kappa shape index (κ3) is 5.87. The molecule has 1 aliphatic rings. The molecule has 0 aromatic heterocycles. The number of aliphatic hydroxyl groups excluding tert-OH is 1. The molecule has 0 aliphatic heterocycles. The van der Waals surface area contributed by atoms with Gasteiger partial charge < -0.3 is 9.84 Å². The third-order valence-corrected chi connectivity index (χ3v) is 4.02. The average molecular weight is 242 g/mol. The van der Waals surface area contributed by atoms with Crippen LogP contribution in [-0.4, -0.2) is 23.9 Å². The largest absolute Gasteiger partial charge is 0.390 e. The monoisotopic (exact) mass is 242 g/mol. The lowest BCUT2D eigenvalue weighted by Crippen LogP contribution is -2.36. The van der Waals surface area contributed by atoms with E-state index in [1.165, 1.54) is 38.5 Å². The van der Waals surface area contributed by atoms with Crippen molar-refractivity contribution in [2.45, 2.75) is 83.8 Å². The molecule has 1 saturated carbocycles. The van der Waals surface area contributed by atoms with Gasteiger partial charge in [0.25, 0.3) is 0 Å². The number of rotatable bonds is 8. The van der Waals surface area contributed by atoms with Gasteiger partial charge in [0.1, 0.15) is 0 Å². The molecule has 102 valence electrons. The van der Waals surface area contributed by atoms with Gasteiger partial charge in [0.05, 0.1) is 12.2 Å². The molecule has 0 amide bonds. The number of hydrogen-bond donors (Lipinski definition) is 1. The van der Waals surface area contributed by atoms with E-state index in [9.17, 15) is 5.11 Å². The second kappa shape index (κ2) is 8.93. The van der Waals surface area contributed by atoms with Crippen molar-refractivity contribution in [2.75, 3.05) is 6.61 Å². The summed E-state index contributed by atoms with van der Waals surface area (Å²) in [5.74, 6) is 0.767. The molecular weight excluding hydrogens is 212 g/mol. The zero-order chi connectivity index (χ0) is 12.5. The first-order valence-corrected chi connectivity index (χ1v) is 7.57. The second-order valence-corrected chi connectivity index (χ2v) is 5.48. The van der Waals surface area contributed by atoms with E-state index in [2.05, 4.69) is 13.8 Å². The number of aliphatic hydroxyl groups is 1. The molecule has 0 bridgehead atoms. The molecule has 3 atom stereocenters. The fourth-order valence-electron chi connectivity index (χ4n) is 2.69. The van der Waals surface area contributed by atoms with Gasteiger partial charge in [-0.2, -0.15) is 0 Å². The van der Waals surface area contributed by atoms with E-state index in [-0.39, 0.29) is 12.2 Å². The third-order valence-electron chi connectivity index (χ3n) is 4.02. The summed E-state index contributed by atoms with van der Waals surface area (Å²) in [5.41, 5.74) is 0. The maximum absolute atomic E-state index is 9.90. The Balaban J connectivity index is 2.07. The lowest BCUT2D eigenvalue weighted by Gasteiger charge is -2.32. The van der Waals surface area contributed by atoms with Crippen molar-refractivity contribution >= 4 is 0 Å². The van der Waals surface area contributed by atoms with Gasteiger partial charge in [-0.25, -0.2) is 0 Å². The smallest absolute Gasteiger partial charge is 0.0836 e. The van der Waals surface area contributed by atoms with Gasteiger partial charge in [-0.1, -0.05) is 46.0 Å². The summed E-state index contributed by atoms with van der Waals surface area (Å²) in [6, 6.07) is 0. The van der Waals surface area contributed by atoms with Gasteiger partial charge in [0, 0.05) is 6.61 Å². The predicted molar refractivity (Wildman–Crippen MR) is 72.1 cm³/mol. The molecular formula is C15H30O2. The Hall–Kier alpha value is -0.0800. The van der Waals surface area contributed by atoms with Gasteiger partial charge in [-0.15, -0.1) is 0 Å². The summed E-state index contributed by atoms with van der Waals surface area (Å²) < 4.78 is 5.86. The maximum Gasteiger partial charge on any atom is 0.0836 e. The van der Waals surface area contributed by atoms with Crippen LogP contribution < -0.4 is 0 Å². The molecule has 0 aromatic rings. The van der Waals surface area contributed by atoms with Gasteiger partial charge in [-0.3, -0.25) is 0 Å². The first kappa shape index (κ1) is 15.0. The Bertz CT molecular complexity index is 182. The van der Waals surface area contributed by atoms with Crippen molar-refractivity contribution in [3.8, 4) is 0 Å². The van der Waals surface area contributed by atoms with Crippen molar-refractivity contribution in [1.82, 2.24) is 0 Å².